The van der Waals surface area contributed by atoms with Crippen LogP contribution in [-0.2, 0) is 28.6 Å². The van der Waals surface area contributed by atoms with Crippen LogP contribution in [0.2, 0.25) is 0 Å². The standard InChI is InChI=1S/C57H92O6/c1-4-7-10-13-16-19-22-24-26-28-30-32-35-38-41-44-47-50-56(59)62-53-54(52-61-55(58)49-46-43-40-37-34-21-18-15-12-9-6-3)63-57(60)51-48-45-42-39-36-33-31-29-27-25-23-20-17-14-11-8-5-2/h7,10,16-17,19-20,24-27,30-33,38-39,41-42,54H,4-6,8-9,11-15,18,21-23,28-29,34-37,40,43-53H2,1-3H3/b10-7-,19-16-,20-17-,26-24-,27-25-,32-30-,33-31-,41-38-,42-39-/t54-/m1/s1. The molecular formula is C57H92O6. The average molecular weight is 873 g/mol. The van der Waals surface area contributed by atoms with Gasteiger partial charge in [0, 0.05) is 19.3 Å². The summed E-state index contributed by atoms with van der Waals surface area (Å²) < 4.78 is 16.7. The van der Waals surface area contributed by atoms with Crippen molar-refractivity contribution in [3.05, 3.63) is 109 Å². The van der Waals surface area contributed by atoms with E-state index in [-0.39, 0.29) is 44.0 Å². The van der Waals surface area contributed by atoms with Crippen LogP contribution in [-0.4, -0.2) is 37.2 Å². The molecule has 0 aromatic carbocycles. The summed E-state index contributed by atoms with van der Waals surface area (Å²) in [5.41, 5.74) is 0. The van der Waals surface area contributed by atoms with Gasteiger partial charge < -0.3 is 14.2 Å². The Balaban J connectivity index is 4.57. The first kappa shape index (κ1) is 59.1. The fourth-order valence-electron chi connectivity index (χ4n) is 6.47. The van der Waals surface area contributed by atoms with Gasteiger partial charge in [-0.25, -0.2) is 0 Å². The van der Waals surface area contributed by atoms with Crippen molar-refractivity contribution in [2.24, 2.45) is 0 Å². The minimum atomic E-state index is -0.828. The molecule has 0 heterocycles. The van der Waals surface area contributed by atoms with Crippen LogP contribution in [0.5, 0.6) is 0 Å². The molecule has 0 bridgehead atoms. The van der Waals surface area contributed by atoms with Gasteiger partial charge in [0.2, 0.25) is 0 Å². The summed E-state index contributed by atoms with van der Waals surface area (Å²) in [4.78, 5) is 37.9. The van der Waals surface area contributed by atoms with Crippen molar-refractivity contribution in [2.75, 3.05) is 13.2 Å². The van der Waals surface area contributed by atoms with Crippen molar-refractivity contribution in [1.82, 2.24) is 0 Å². The van der Waals surface area contributed by atoms with Gasteiger partial charge in [-0.1, -0.05) is 207 Å². The first-order valence-corrected chi connectivity index (χ1v) is 25.4. The van der Waals surface area contributed by atoms with E-state index in [0.717, 1.165) is 83.5 Å². The quantitative estimate of drug-likeness (QED) is 0.0263. The lowest BCUT2D eigenvalue weighted by Gasteiger charge is -2.18. The highest BCUT2D eigenvalue weighted by Crippen LogP contribution is 2.13. The first-order chi connectivity index (χ1) is 31.0. The Kier molecular flexibility index (Phi) is 47.5. The van der Waals surface area contributed by atoms with E-state index >= 15 is 0 Å². The second-order valence-electron chi connectivity index (χ2n) is 16.3. The number of carbonyl (C=O) groups is 3. The van der Waals surface area contributed by atoms with Gasteiger partial charge in [0.25, 0.3) is 0 Å². The van der Waals surface area contributed by atoms with Crippen molar-refractivity contribution in [1.29, 1.82) is 0 Å². The Bertz CT molecular complexity index is 1330. The molecule has 1 atom stereocenters. The number of ether oxygens (including phenoxy) is 3. The Hall–Kier alpha value is -3.93. The highest BCUT2D eigenvalue weighted by Gasteiger charge is 2.19. The monoisotopic (exact) mass is 873 g/mol. The molecule has 0 radical (unpaired) electrons. The maximum Gasteiger partial charge on any atom is 0.306 e. The van der Waals surface area contributed by atoms with Crippen LogP contribution in [0.4, 0.5) is 0 Å². The fraction of sp³-hybridized carbons (Fsp3) is 0.632. The number of hydrogen-bond donors (Lipinski definition) is 0. The predicted octanol–water partition coefficient (Wildman–Crippen LogP) is 16.8. The second kappa shape index (κ2) is 50.7. The molecule has 0 rings (SSSR count). The van der Waals surface area contributed by atoms with Gasteiger partial charge in [-0.2, -0.15) is 0 Å². The van der Waals surface area contributed by atoms with Gasteiger partial charge in [-0.15, -0.1) is 0 Å². The van der Waals surface area contributed by atoms with E-state index in [9.17, 15) is 14.4 Å². The number of carbonyl (C=O) groups excluding carboxylic acids is 3. The average Bonchev–Trinajstić information content (AvgIpc) is 3.28. The van der Waals surface area contributed by atoms with E-state index in [4.69, 9.17) is 14.2 Å². The van der Waals surface area contributed by atoms with Crippen LogP contribution < -0.4 is 0 Å². The van der Waals surface area contributed by atoms with E-state index in [1.54, 1.807) is 0 Å². The Morgan fingerprint density at radius 2 is 0.635 bits per heavy atom. The van der Waals surface area contributed by atoms with Crippen molar-refractivity contribution >= 4 is 17.9 Å². The number of allylic oxidation sites excluding steroid dienone is 18. The third-order valence-electron chi connectivity index (χ3n) is 10.3. The van der Waals surface area contributed by atoms with Gasteiger partial charge in [-0.05, 0) is 96.3 Å². The predicted molar refractivity (Wildman–Crippen MR) is 270 cm³/mol. The van der Waals surface area contributed by atoms with Crippen molar-refractivity contribution in [3.8, 4) is 0 Å². The number of rotatable bonds is 44. The molecule has 63 heavy (non-hydrogen) atoms. The molecule has 6 heteroatoms. The molecule has 0 N–H and O–H groups in total. The van der Waals surface area contributed by atoms with E-state index in [1.165, 1.54) is 77.0 Å². The summed E-state index contributed by atoms with van der Waals surface area (Å²) in [7, 11) is 0. The Morgan fingerprint density at radius 3 is 1.03 bits per heavy atom. The molecule has 0 aliphatic carbocycles. The summed E-state index contributed by atoms with van der Waals surface area (Å²) in [6.45, 7) is 6.38. The topological polar surface area (TPSA) is 78.9 Å². The SMILES string of the molecule is CC/C=C\C/C=C\C/C=C\C/C=C\C/C=C\CCCC(=O)OC[C@@H](COC(=O)CCCCCCCCCCCCC)OC(=O)CCC/C=C\C/C=C\C/C=C\C/C=C\CCCCC. The fourth-order valence-corrected chi connectivity index (χ4v) is 6.47. The highest BCUT2D eigenvalue weighted by molar-refractivity contribution is 5.71. The molecule has 0 aromatic rings. The van der Waals surface area contributed by atoms with Crippen molar-refractivity contribution < 1.29 is 28.6 Å². The second-order valence-corrected chi connectivity index (χ2v) is 16.3. The van der Waals surface area contributed by atoms with Gasteiger partial charge in [0.15, 0.2) is 6.10 Å². The molecule has 0 saturated heterocycles. The lowest BCUT2D eigenvalue weighted by molar-refractivity contribution is -0.167. The van der Waals surface area contributed by atoms with Gasteiger partial charge in [0.05, 0.1) is 0 Å². The van der Waals surface area contributed by atoms with Crippen LogP contribution in [0.3, 0.4) is 0 Å². The zero-order valence-electron chi connectivity index (χ0n) is 40.5. The molecule has 0 aliphatic heterocycles. The molecule has 0 amide bonds. The van der Waals surface area contributed by atoms with Crippen LogP contribution >= 0.6 is 0 Å². The molecule has 0 spiro atoms. The van der Waals surface area contributed by atoms with Crippen molar-refractivity contribution in [3.63, 3.8) is 0 Å². The molecule has 6 nitrogen and oxygen atoms in total. The number of unbranched alkanes of at least 4 members (excludes halogenated alkanes) is 15. The van der Waals surface area contributed by atoms with E-state index in [0.29, 0.717) is 19.3 Å². The van der Waals surface area contributed by atoms with E-state index < -0.39 is 6.10 Å². The van der Waals surface area contributed by atoms with Gasteiger partial charge in [0.1, 0.15) is 13.2 Å². The minimum Gasteiger partial charge on any atom is -0.462 e. The molecule has 0 unspecified atom stereocenters. The molecule has 0 aromatic heterocycles. The first-order valence-electron chi connectivity index (χ1n) is 25.4. The lowest BCUT2D eigenvalue weighted by Crippen LogP contribution is -2.30. The molecule has 0 aliphatic rings. The number of hydrogen-bond acceptors (Lipinski definition) is 6. The molecule has 0 fully saturated rings. The maximum absolute atomic E-state index is 12.8. The zero-order chi connectivity index (χ0) is 45.8. The van der Waals surface area contributed by atoms with Gasteiger partial charge in [-0.3, -0.25) is 14.4 Å². The molecule has 0 saturated carbocycles. The number of esters is 3. The maximum atomic E-state index is 12.8. The van der Waals surface area contributed by atoms with E-state index in [2.05, 4.69) is 130 Å². The normalized spacial score (nSPS) is 13.0. The smallest absolute Gasteiger partial charge is 0.306 e. The van der Waals surface area contributed by atoms with Crippen LogP contribution in [0.1, 0.15) is 213 Å². The van der Waals surface area contributed by atoms with Crippen LogP contribution in [0.15, 0.2) is 109 Å². The minimum absolute atomic E-state index is 0.118. The third kappa shape index (κ3) is 49.0. The Labute approximate surface area is 387 Å². The highest BCUT2D eigenvalue weighted by atomic mass is 16.6. The largest absolute Gasteiger partial charge is 0.462 e. The van der Waals surface area contributed by atoms with E-state index in [1.807, 2.05) is 0 Å². The van der Waals surface area contributed by atoms with Crippen LogP contribution in [0.25, 0.3) is 0 Å². The summed E-state index contributed by atoms with van der Waals surface area (Å²) >= 11 is 0. The summed E-state index contributed by atoms with van der Waals surface area (Å²) in [6.07, 6.45) is 67.9. The summed E-state index contributed by atoms with van der Waals surface area (Å²) in [6, 6.07) is 0. The molecular weight excluding hydrogens is 781 g/mol. The molecule has 356 valence electrons. The van der Waals surface area contributed by atoms with Crippen molar-refractivity contribution in [2.45, 2.75) is 219 Å². The third-order valence-corrected chi connectivity index (χ3v) is 10.3. The zero-order valence-corrected chi connectivity index (χ0v) is 40.5. The summed E-state index contributed by atoms with van der Waals surface area (Å²) in [5.74, 6) is -1.04. The Morgan fingerprint density at radius 1 is 0.333 bits per heavy atom. The van der Waals surface area contributed by atoms with Crippen LogP contribution in [0, 0.1) is 0 Å². The summed E-state index contributed by atoms with van der Waals surface area (Å²) in [5, 5.41) is 0. The van der Waals surface area contributed by atoms with Gasteiger partial charge >= 0.3 is 17.9 Å². The lowest BCUT2D eigenvalue weighted by atomic mass is 10.1.